The highest BCUT2D eigenvalue weighted by Crippen LogP contribution is 2.41. The van der Waals surface area contributed by atoms with Crippen LogP contribution in [0.4, 0.5) is 23.5 Å². The molecule has 0 aliphatic carbocycles. The number of aromatic nitrogens is 3. The number of sulfonamides is 1. The predicted molar refractivity (Wildman–Crippen MR) is 122 cm³/mol. The molecule has 0 bridgehead atoms. The highest BCUT2D eigenvalue weighted by atomic mass is 32.2. The third-order valence-corrected chi connectivity index (χ3v) is 8.34. The quantitative estimate of drug-likeness (QED) is 0.540. The van der Waals surface area contributed by atoms with E-state index in [0.29, 0.717) is 32.4 Å². The molecule has 0 spiro atoms. The number of aliphatic hydroxyl groups excluding tert-OH is 1. The molecule has 9 nitrogen and oxygen atoms in total. The summed E-state index contributed by atoms with van der Waals surface area (Å²) in [4.78, 5) is 13.1. The van der Waals surface area contributed by atoms with E-state index in [4.69, 9.17) is 0 Å². The number of piperidine rings is 2. The van der Waals surface area contributed by atoms with Crippen molar-refractivity contribution in [3.63, 3.8) is 0 Å². The molecule has 194 valence electrons. The Bertz CT molecular complexity index is 1150. The first-order valence-corrected chi connectivity index (χ1v) is 13.8. The summed E-state index contributed by atoms with van der Waals surface area (Å²) in [5, 5.41) is 13.0. The van der Waals surface area contributed by atoms with E-state index in [1.807, 2.05) is 4.90 Å². The van der Waals surface area contributed by atoms with Gasteiger partial charge in [-0.3, -0.25) is 4.90 Å². The summed E-state index contributed by atoms with van der Waals surface area (Å²) in [5.41, 5.74) is -1.70. The molecule has 2 aliphatic heterocycles. The average molecular weight is 539 g/mol. The zero-order valence-corrected chi connectivity index (χ0v) is 20.6. The number of aliphatic hydroxyl groups is 1. The molecule has 0 aromatic carbocycles. The minimum absolute atomic E-state index is 0.0403. The van der Waals surface area contributed by atoms with Gasteiger partial charge in [0.2, 0.25) is 16.0 Å². The molecule has 1 unspecified atom stereocenters. The predicted octanol–water partition coefficient (Wildman–Crippen LogP) is 2.55. The summed E-state index contributed by atoms with van der Waals surface area (Å²) in [5.74, 6) is -1.04. The Morgan fingerprint density at radius 1 is 1.20 bits per heavy atom. The van der Waals surface area contributed by atoms with E-state index >= 15 is 0 Å². The third kappa shape index (κ3) is 6.44. The van der Waals surface area contributed by atoms with Crippen LogP contribution in [-0.4, -0.2) is 82.3 Å². The normalized spacial score (nSPS) is 21.4. The van der Waals surface area contributed by atoms with Gasteiger partial charge in [0.25, 0.3) is 0 Å². The van der Waals surface area contributed by atoms with E-state index in [9.17, 15) is 31.1 Å². The Morgan fingerprint density at radius 2 is 1.91 bits per heavy atom. The maximum absolute atomic E-state index is 14.6. The van der Waals surface area contributed by atoms with Gasteiger partial charge in [0.05, 0.1) is 30.0 Å². The van der Waals surface area contributed by atoms with Crippen molar-refractivity contribution in [1.82, 2.24) is 24.2 Å². The van der Waals surface area contributed by atoms with Gasteiger partial charge >= 0.3 is 6.18 Å². The topological polar surface area (TPSA) is 112 Å². The zero-order chi connectivity index (χ0) is 25.4. The van der Waals surface area contributed by atoms with E-state index in [1.165, 1.54) is 4.31 Å². The number of nitrogens with one attached hydrogen (secondary N) is 1. The third-order valence-electron chi connectivity index (χ3n) is 5.99. The maximum Gasteiger partial charge on any atom is 0.434 e. The number of nitrogens with zero attached hydrogens (tertiary/aromatic N) is 5. The molecule has 0 radical (unpaired) electrons. The van der Waals surface area contributed by atoms with E-state index in [1.54, 1.807) is 0 Å². The maximum atomic E-state index is 14.6. The van der Waals surface area contributed by atoms with Crippen molar-refractivity contribution < 1.29 is 31.1 Å². The molecule has 2 aromatic heterocycles. The molecular weight excluding hydrogens is 512 g/mol. The number of hydrogen-bond acceptors (Lipinski definition) is 9. The van der Waals surface area contributed by atoms with Crippen LogP contribution in [0.3, 0.4) is 0 Å². The zero-order valence-electron chi connectivity index (χ0n) is 18.9. The lowest BCUT2D eigenvalue weighted by Crippen LogP contribution is -2.42. The SMILES string of the molecule is CS(=O)(=O)N1CCC(Nc2ncc(F)c(-c3sc(CN4CCCC(O)C4)nc3C(F)(F)F)n2)CC1. The number of halogens is 4. The lowest BCUT2D eigenvalue weighted by atomic mass is 10.1. The van der Waals surface area contributed by atoms with Crippen LogP contribution in [0, 0.1) is 5.82 Å². The fourth-order valence-electron chi connectivity index (χ4n) is 4.26. The van der Waals surface area contributed by atoms with Crippen molar-refractivity contribution in [3.05, 3.63) is 22.7 Å². The van der Waals surface area contributed by atoms with Gasteiger partial charge in [-0.05, 0) is 32.2 Å². The highest BCUT2D eigenvalue weighted by Gasteiger charge is 2.39. The van der Waals surface area contributed by atoms with Crippen LogP contribution in [0.15, 0.2) is 6.20 Å². The summed E-state index contributed by atoms with van der Waals surface area (Å²) in [7, 11) is -3.31. The molecule has 2 fully saturated rings. The van der Waals surface area contributed by atoms with Crippen molar-refractivity contribution in [1.29, 1.82) is 0 Å². The summed E-state index contributed by atoms with van der Waals surface area (Å²) >= 11 is 0.720. The van der Waals surface area contributed by atoms with Crippen molar-refractivity contribution in [2.45, 2.75) is 50.6 Å². The van der Waals surface area contributed by atoms with Gasteiger partial charge in [-0.25, -0.2) is 32.1 Å². The Kier molecular flexibility index (Phi) is 7.62. The number of rotatable bonds is 6. The number of hydrogen-bond donors (Lipinski definition) is 2. The van der Waals surface area contributed by atoms with Crippen LogP contribution < -0.4 is 5.32 Å². The molecule has 1 atom stereocenters. The Balaban J connectivity index is 1.56. The minimum Gasteiger partial charge on any atom is -0.392 e. The highest BCUT2D eigenvalue weighted by molar-refractivity contribution is 7.88. The Labute approximate surface area is 204 Å². The number of likely N-dealkylation sites (tertiary alicyclic amines) is 1. The second-order valence-electron chi connectivity index (χ2n) is 8.79. The van der Waals surface area contributed by atoms with E-state index < -0.39 is 44.4 Å². The lowest BCUT2D eigenvalue weighted by Gasteiger charge is -2.30. The second kappa shape index (κ2) is 10.2. The number of β-amino-alcohol motifs (C(OH)–C–C–N with tert-alkyl or cyclic N) is 1. The van der Waals surface area contributed by atoms with Crippen LogP contribution in [-0.2, 0) is 22.7 Å². The van der Waals surface area contributed by atoms with Gasteiger partial charge in [-0.2, -0.15) is 13.2 Å². The Morgan fingerprint density at radius 3 is 2.54 bits per heavy atom. The van der Waals surface area contributed by atoms with Crippen LogP contribution in [0.5, 0.6) is 0 Å². The first kappa shape index (κ1) is 26.1. The molecule has 0 saturated carbocycles. The van der Waals surface area contributed by atoms with Crippen LogP contribution in [0.25, 0.3) is 10.6 Å². The van der Waals surface area contributed by atoms with Gasteiger partial charge in [0.15, 0.2) is 11.5 Å². The van der Waals surface area contributed by atoms with E-state index in [-0.39, 0.29) is 36.6 Å². The minimum atomic E-state index is -4.81. The first-order chi connectivity index (χ1) is 16.4. The van der Waals surface area contributed by atoms with Gasteiger partial charge < -0.3 is 10.4 Å². The first-order valence-electron chi connectivity index (χ1n) is 11.1. The van der Waals surface area contributed by atoms with Crippen molar-refractivity contribution in [2.75, 3.05) is 37.8 Å². The smallest absolute Gasteiger partial charge is 0.392 e. The number of thiazole rings is 1. The molecule has 2 N–H and O–H groups in total. The lowest BCUT2D eigenvalue weighted by molar-refractivity contribution is -0.140. The molecule has 2 aromatic rings. The number of alkyl halides is 3. The van der Waals surface area contributed by atoms with Gasteiger partial charge in [-0.15, -0.1) is 11.3 Å². The summed E-state index contributed by atoms with van der Waals surface area (Å²) in [6, 6.07) is -0.212. The van der Waals surface area contributed by atoms with Crippen molar-refractivity contribution >= 4 is 27.3 Å². The van der Waals surface area contributed by atoms with Crippen LogP contribution in [0.1, 0.15) is 36.4 Å². The molecule has 35 heavy (non-hydrogen) atoms. The fraction of sp³-hybridized carbons (Fsp3) is 0.650. The van der Waals surface area contributed by atoms with Gasteiger partial charge in [0, 0.05) is 25.7 Å². The van der Waals surface area contributed by atoms with E-state index in [2.05, 4.69) is 20.3 Å². The number of anilines is 1. The monoisotopic (exact) mass is 538 g/mol. The van der Waals surface area contributed by atoms with E-state index in [0.717, 1.165) is 30.2 Å². The molecule has 15 heteroatoms. The van der Waals surface area contributed by atoms with Gasteiger partial charge in [0.1, 0.15) is 10.7 Å². The molecule has 4 heterocycles. The molecule has 2 saturated heterocycles. The molecule has 4 rings (SSSR count). The van der Waals surface area contributed by atoms with Gasteiger partial charge in [-0.1, -0.05) is 0 Å². The summed E-state index contributed by atoms with van der Waals surface area (Å²) in [6.45, 7) is 1.64. The average Bonchev–Trinajstić information content (AvgIpc) is 3.19. The largest absolute Gasteiger partial charge is 0.434 e. The molecule has 0 amide bonds. The Hall–Kier alpha value is -1.94. The molecule has 2 aliphatic rings. The van der Waals surface area contributed by atoms with Crippen LogP contribution in [0.2, 0.25) is 0 Å². The standard InChI is InChI=1S/C20H26F4N6O3S2/c1-35(32,33)30-7-4-12(5-8-30)26-19-25-9-14(21)16(28-19)17-18(20(22,23)24)27-15(34-17)11-29-6-2-3-13(31)10-29/h9,12-13,31H,2-8,10-11H2,1H3,(H,25,26,28). The van der Waals surface area contributed by atoms with Crippen molar-refractivity contribution in [2.24, 2.45) is 0 Å². The second-order valence-corrected chi connectivity index (χ2v) is 11.9. The van der Waals surface area contributed by atoms with Crippen LogP contribution >= 0.6 is 11.3 Å². The summed E-state index contributed by atoms with van der Waals surface area (Å²) in [6.07, 6.45) is -1.14. The molecular formula is C20H26F4N6O3S2. The van der Waals surface area contributed by atoms with Crippen molar-refractivity contribution in [3.8, 4) is 10.6 Å². The fourth-order valence-corrected chi connectivity index (χ4v) is 6.25. The summed E-state index contributed by atoms with van der Waals surface area (Å²) < 4.78 is 80.7.